The Bertz CT molecular complexity index is 891. The maximum atomic E-state index is 13.3. The molecule has 0 aliphatic heterocycles. The highest BCUT2D eigenvalue weighted by atomic mass is 19.4. The molecule has 2 unspecified atom stereocenters. The zero-order chi connectivity index (χ0) is 24.8. The van der Waals surface area contributed by atoms with Crippen molar-refractivity contribution in [2.45, 2.75) is 44.7 Å². The monoisotopic (exact) mass is 482 g/mol. The van der Waals surface area contributed by atoms with E-state index in [4.69, 9.17) is 0 Å². The Morgan fingerprint density at radius 1 is 0.909 bits per heavy atom. The molecule has 0 saturated carbocycles. The Labute approximate surface area is 186 Å². The topological polar surface area (TPSA) is 53.5 Å². The zero-order valence-electron chi connectivity index (χ0n) is 17.8. The second kappa shape index (κ2) is 11.1. The minimum atomic E-state index is -4.87. The van der Waals surface area contributed by atoms with Crippen molar-refractivity contribution < 1.29 is 40.6 Å². The summed E-state index contributed by atoms with van der Waals surface area (Å²) in [5.74, 6) is -0.273. The third-order valence-corrected chi connectivity index (χ3v) is 4.53. The smallest absolute Gasteiger partial charge is 0.428 e. The summed E-state index contributed by atoms with van der Waals surface area (Å²) in [5, 5.41) is 15.1. The van der Waals surface area contributed by atoms with Crippen LogP contribution in [0, 0.1) is 5.92 Å². The van der Waals surface area contributed by atoms with E-state index in [1.165, 1.54) is 12.1 Å². The van der Waals surface area contributed by atoms with Gasteiger partial charge in [-0.2, -0.15) is 30.7 Å². The third kappa shape index (κ3) is 8.08. The lowest BCUT2D eigenvalue weighted by Gasteiger charge is -2.24. The van der Waals surface area contributed by atoms with Crippen LogP contribution in [0.1, 0.15) is 31.0 Å². The van der Waals surface area contributed by atoms with Gasteiger partial charge in [-0.25, -0.2) is 0 Å². The summed E-state index contributed by atoms with van der Waals surface area (Å²) in [6, 6.07) is 10.4. The number of aliphatic hydroxyl groups excluding tert-OH is 1. The van der Waals surface area contributed by atoms with Gasteiger partial charge in [-0.3, -0.25) is 0 Å². The molecule has 0 radical (unpaired) electrons. The molecule has 4 nitrogen and oxygen atoms in total. The molecule has 2 aromatic rings. The van der Waals surface area contributed by atoms with Crippen LogP contribution in [0.15, 0.2) is 48.5 Å². The molecule has 2 atom stereocenters. The van der Waals surface area contributed by atoms with Crippen LogP contribution in [-0.4, -0.2) is 43.0 Å². The number of rotatable bonds is 11. The summed E-state index contributed by atoms with van der Waals surface area (Å²) in [5.41, 5.74) is 1.30. The predicted molar refractivity (Wildman–Crippen MR) is 110 cm³/mol. The Balaban J connectivity index is 2.38. The van der Waals surface area contributed by atoms with Crippen LogP contribution in [0.3, 0.4) is 0 Å². The van der Waals surface area contributed by atoms with Crippen molar-refractivity contribution in [2.24, 2.45) is 5.92 Å². The van der Waals surface area contributed by atoms with Gasteiger partial charge in [0.05, 0.1) is 6.04 Å². The molecule has 184 valence electrons. The minimum absolute atomic E-state index is 0.174. The van der Waals surface area contributed by atoms with E-state index >= 15 is 0 Å². The average molecular weight is 482 g/mol. The van der Waals surface area contributed by atoms with E-state index in [1.807, 2.05) is 13.8 Å². The first-order valence-corrected chi connectivity index (χ1v) is 10.1. The highest BCUT2D eigenvalue weighted by Crippen LogP contribution is 2.32. The Morgan fingerprint density at radius 2 is 1.52 bits per heavy atom. The van der Waals surface area contributed by atoms with Crippen LogP contribution in [0.25, 0.3) is 0 Å². The van der Waals surface area contributed by atoms with Crippen LogP contribution in [0.5, 0.6) is 5.75 Å². The van der Waals surface area contributed by atoms with Gasteiger partial charge in [-0.05, 0) is 41.3 Å². The lowest BCUT2D eigenvalue weighted by atomic mass is 9.97. The molecule has 0 saturated heterocycles. The summed E-state index contributed by atoms with van der Waals surface area (Å²) in [6.45, 7) is 3.71. The summed E-state index contributed by atoms with van der Waals surface area (Å²) in [6.07, 6.45) is -16.4. The van der Waals surface area contributed by atoms with Crippen LogP contribution in [0.2, 0.25) is 0 Å². The average Bonchev–Trinajstić information content (AvgIpc) is 2.72. The molecule has 0 aliphatic carbocycles. The normalized spacial score (nSPS) is 14.4. The molecule has 2 rings (SSSR count). The fourth-order valence-corrected chi connectivity index (χ4v) is 2.88. The van der Waals surface area contributed by atoms with Gasteiger partial charge in [0.25, 0.3) is 0 Å². The summed E-state index contributed by atoms with van der Waals surface area (Å²) in [4.78, 5) is 0. The number of halogens is 7. The van der Waals surface area contributed by atoms with E-state index in [9.17, 15) is 35.8 Å². The highest BCUT2D eigenvalue weighted by Gasteiger charge is 2.44. The van der Waals surface area contributed by atoms with Crippen molar-refractivity contribution in [1.82, 2.24) is 5.32 Å². The molecule has 11 heteroatoms. The largest absolute Gasteiger partial charge is 0.461 e. The van der Waals surface area contributed by atoms with Crippen LogP contribution >= 0.6 is 0 Å². The number of benzene rings is 2. The molecule has 0 bridgehead atoms. The fourth-order valence-electron chi connectivity index (χ4n) is 2.88. The Kier molecular flexibility index (Phi) is 8.96. The van der Waals surface area contributed by atoms with Crippen LogP contribution in [-0.2, 0) is 0 Å². The first-order chi connectivity index (χ1) is 15.3. The highest BCUT2D eigenvalue weighted by molar-refractivity contribution is 5.48. The number of nitrogens with one attached hydrogen (secondary N) is 2. The second-order valence-corrected chi connectivity index (χ2v) is 7.84. The molecule has 0 amide bonds. The van der Waals surface area contributed by atoms with Gasteiger partial charge in [0.2, 0.25) is 0 Å². The molecule has 3 N–H and O–H groups in total. The summed E-state index contributed by atoms with van der Waals surface area (Å²) < 4.78 is 94.1. The van der Waals surface area contributed by atoms with Crippen molar-refractivity contribution in [3.63, 3.8) is 0 Å². The molecule has 0 heterocycles. The Morgan fingerprint density at radius 3 is 2.09 bits per heavy atom. The lowest BCUT2D eigenvalue weighted by molar-refractivity contribution is -0.253. The van der Waals surface area contributed by atoms with Gasteiger partial charge in [0.15, 0.2) is 6.10 Å². The number of anilines is 1. The maximum Gasteiger partial charge on any atom is 0.461 e. The fraction of sp³-hybridized carbons (Fsp3) is 0.455. The number of alkyl halides is 7. The van der Waals surface area contributed by atoms with Gasteiger partial charge in [-0.1, -0.05) is 38.1 Å². The van der Waals surface area contributed by atoms with Crippen LogP contribution < -0.4 is 15.4 Å². The van der Waals surface area contributed by atoms with Crippen molar-refractivity contribution in [3.05, 3.63) is 59.7 Å². The van der Waals surface area contributed by atoms with Crippen molar-refractivity contribution in [3.8, 4) is 5.75 Å². The van der Waals surface area contributed by atoms with Gasteiger partial charge >= 0.3 is 18.7 Å². The Hall–Kier alpha value is -2.53. The molecule has 0 aromatic heterocycles. The van der Waals surface area contributed by atoms with Crippen molar-refractivity contribution in [2.75, 3.05) is 18.4 Å². The van der Waals surface area contributed by atoms with E-state index in [0.717, 1.165) is 12.1 Å². The van der Waals surface area contributed by atoms with Crippen molar-refractivity contribution >= 4 is 5.69 Å². The molecule has 0 aliphatic rings. The number of aliphatic hydroxyl groups is 1. The number of hydrogen-bond donors (Lipinski definition) is 3. The number of ether oxygens (including phenoxy) is 1. The predicted octanol–water partition coefficient (Wildman–Crippen LogP) is 5.59. The standard InChI is InChI=1S/C22H25F7N2O2/c1-13(2)11-30-16-7-3-5-14(9-16)19(31-12-18(32)21(25,26)27)15-6-4-8-17(10-15)33-22(28,29)20(23)24/h3-10,13,18-20,30-32H,11-12H2,1-2H3. The van der Waals surface area contributed by atoms with E-state index < -0.39 is 43.2 Å². The quantitative estimate of drug-likeness (QED) is 0.366. The molecule has 33 heavy (non-hydrogen) atoms. The first-order valence-electron chi connectivity index (χ1n) is 10.1. The maximum absolute atomic E-state index is 13.3. The summed E-state index contributed by atoms with van der Waals surface area (Å²) in [7, 11) is 0. The summed E-state index contributed by atoms with van der Waals surface area (Å²) >= 11 is 0. The van der Waals surface area contributed by atoms with E-state index in [-0.39, 0.29) is 5.56 Å². The van der Waals surface area contributed by atoms with E-state index in [2.05, 4.69) is 15.4 Å². The van der Waals surface area contributed by atoms with Crippen molar-refractivity contribution in [1.29, 1.82) is 0 Å². The molecular weight excluding hydrogens is 457 g/mol. The van der Waals surface area contributed by atoms with E-state index in [1.54, 1.807) is 24.3 Å². The van der Waals surface area contributed by atoms with Gasteiger partial charge < -0.3 is 20.5 Å². The number of hydrogen-bond acceptors (Lipinski definition) is 4. The van der Waals surface area contributed by atoms with E-state index in [0.29, 0.717) is 23.7 Å². The molecule has 2 aromatic carbocycles. The molecular formula is C22H25F7N2O2. The first kappa shape index (κ1) is 26.7. The second-order valence-electron chi connectivity index (χ2n) is 7.84. The lowest BCUT2D eigenvalue weighted by Crippen LogP contribution is -2.40. The van der Waals surface area contributed by atoms with Gasteiger partial charge in [-0.15, -0.1) is 0 Å². The van der Waals surface area contributed by atoms with Gasteiger partial charge in [0.1, 0.15) is 5.75 Å². The van der Waals surface area contributed by atoms with Crippen LogP contribution in [0.4, 0.5) is 36.4 Å². The van der Waals surface area contributed by atoms with Gasteiger partial charge in [0, 0.05) is 18.8 Å². The molecule has 0 fully saturated rings. The zero-order valence-corrected chi connectivity index (χ0v) is 17.8. The SMILES string of the molecule is CC(C)CNc1cccc(C(NCC(O)C(F)(F)F)c2cccc(OC(F)(F)C(F)F)c2)c1. The third-order valence-electron chi connectivity index (χ3n) is 4.53. The molecule has 0 spiro atoms. The minimum Gasteiger partial charge on any atom is -0.428 e.